The molecular formula is C15H19NO3S. The molecule has 0 aliphatic carbocycles. The number of benzene rings is 1. The Balaban J connectivity index is 2.66. The van der Waals surface area contributed by atoms with Crippen LogP contribution in [0, 0.1) is 0 Å². The van der Waals surface area contributed by atoms with Crippen molar-refractivity contribution in [3.63, 3.8) is 0 Å². The largest absolute Gasteiger partial charge is 0.612 e. The highest BCUT2D eigenvalue weighted by Crippen LogP contribution is 2.32. The summed E-state index contributed by atoms with van der Waals surface area (Å²) >= 11 is -1.11. The van der Waals surface area contributed by atoms with E-state index in [1.54, 1.807) is 12.3 Å². The van der Waals surface area contributed by atoms with Crippen LogP contribution >= 0.6 is 0 Å². The first-order valence-corrected chi connectivity index (χ1v) is 8.15. The van der Waals surface area contributed by atoms with Gasteiger partial charge in [-0.3, -0.25) is 0 Å². The molecule has 20 heavy (non-hydrogen) atoms. The van der Waals surface area contributed by atoms with Crippen molar-refractivity contribution in [2.24, 2.45) is 0 Å². The molecule has 1 unspecified atom stereocenters. The van der Waals surface area contributed by atoms with E-state index in [1.807, 2.05) is 39.0 Å². The molecule has 2 aromatic rings. The maximum Gasteiger partial charge on any atom is 0.217 e. The van der Waals surface area contributed by atoms with Gasteiger partial charge in [-0.2, -0.15) is 0 Å². The Morgan fingerprint density at radius 3 is 2.70 bits per heavy atom. The number of hydrogen-bond donors (Lipinski definition) is 0. The molecule has 0 aliphatic heterocycles. The zero-order chi connectivity index (χ0) is 14.7. The molecule has 1 aromatic heterocycles. The van der Waals surface area contributed by atoms with Gasteiger partial charge in [0.1, 0.15) is 17.5 Å². The molecule has 0 saturated heterocycles. The third kappa shape index (κ3) is 3.16. The molecule has 108 valence electrons. The summed E-state index contributed by atoms with van der Waals surface area (Å²) < 4.78 is 23.2. The van der Waals surface area contributed by atoms with E-state index >= 15 is 0 Å². The van der Waals surface area contributed by atoms with Crippen LogP contribution in [0.4, 0.5) is 0 Å². The van der Waals surface area contributed by atoms with Crippen LogP contribution in [-0.4, -0.2) is 28.5 Å². The van der Waals surface area contributed by atoms with Gasteiger partial charge < -0.3 is 14.0 Å². The van der Waals surface area contributed by atoms with Gasteiger partial charge in [-0.25, -0.2) is 4.98 Å². The number of pyridine rings is 1. The van der Waals surface area contributed by atoms with Gasteiger partial charge >= 0.3 is 0 Å². The minimum Gasteiger partial charge on any atom is -0.612 e. The minimum atomic E-state index is -1.11. The molecular weight excluding hydrogens is 274 g/mol. The first-order chi connectivity index (χ1) is 9.52. The fraction of sp³-hybridized carbons (Fsp3) is 0.400. The van der Waals surface area contributed by atoms with Crippen molar-refractivity contribution in [3.05, 3.63) is 24.3 Å². The Morgan fingerprint density at radius 2 is 2.10 bits per heavy atom. The van der Waals surface area contributed by atoms with Gasteiger partial charge in [0.2, 0.25) is 5.88 Å². The van der Waals surface area contributed by atoms with E-state index in [4.69, 9.17) is 9.47 Å². The van der Waals surface area contributed by atoms with Gasteiger partial charge in [-0.05, 0) is 44.1 Å². The second-order valence-corrected chi connectivity index (χ2v) is 6.01. The number of ether oxygens (including phenoxy) is 2. The van der Waals surface area contributed by atoms with Crippen LogP contribution in [0.2, 0.25) is 0 Å². The fourth-order valence-corrected chi connectivity index (χ4v) is 2.67. The summed E-state index contributed by atoms with van der Waals surface area (Å²) in [5.41, 5.74) is 0.676. The number of nitrogens with zero attached hydrogens (tertiary/aromatic N) is 1. The molecule has 4 nitrogen and oxygen atoms in total. The summed E-state index contributed by atoms with van der Waals surface area (Å²) in [5.74, 6) is 1.20. The van der Waals surface area contributed by atoms with Crippen molar-refractivity contribution >= 4 is 22.1 Å². The third-order valence-electron chi connectivity index (χ3n) is 2.71. The molecule has 0 fully saturated rings. The van der Waals surface area contributed by atoms with E-state index in [0.717, 1.165) is 5.39 Å². The highest BCUT2D eigenvalue weighted by atomic mass is 32.2. The number of rotatable bonds is 5. The van der Waals surface area contributed by atoms with Crippen molar-refractivity contribution in [3.8, 4) is 11.6 Å². The third-order valence-corrected chi connectivity index (χ3v) is 3.65. The summed E-state index contributed by atoms with van der Waals surface area (Å²) in [6.45, 7) is 6.36. The van der Waals surface area contributed by atoms with Crippen LogP contribution < -0.4 is 9.47 Å². The monoisotopic (exact) mass is 293 g/mol. The molecule has 5 heteroatoms. The number of fused-ring (bicyclic) bond motifs is 1. The van der Waals surface area contributed by atoms with Crippen molar-refractivity contribution in [1.29, 1.82) is 0 Å². The summed E-state index contributed by atoms with van der Waals surface area (Å²) in [6, 6.07) is 7.40. The zero-order valence-electron chi connectivity index (χ0n) is 12.2. The Morgan fingerprint density at radius 1 is 1.35 bits per heavy atom. The lowest BCUT2D eigenvalue weighted by Crippen LogP contribution is -2.08. The molecule has 0 aliphatic rings. The number of aromatic nitrogens is 1. The van der Waals surface area contributed by atoms with Crippen LogP contribution in [0.15, 0.2) is 29.2 Å². The lowest BCUT2D eigenvalue weighted by atomic mass is 10.2. The van der Waals surface area contributed by atoms with Crippen molar-refractivity contribution < 1.29 is 14.0 Å². The Labute approximate surface area is 122 Å². The van der Waals surface area contributed by atoms with E-state index in [2.05, 4.69) is 4.98 Å². The smallest absolute Gasteiger partial charge is 0.217 e. The molecule has 0 radical (unpaired) electrons. The zero-order valence-corrected chi connectivity index (χ0v) is 13.0. The number of para-hydroxylation sites is 1. The lowest BCUT2D eigenvalue weighted by molar-refractivity contribution is 0.243. The van der Waals surface area contributed by atoms with Gasteiger partial charge in [0.05, 0.1) is 12.7 Å². The maximum absolute atomic E-state index is 11.9. The molecule has 0 bridgehead atoms. The SMILES string of the molecule is CCOc1cc(OC(C)C)c2cccc([S+](C)[O-])c2n1. The van der Waals surface area contributed by atoms with Crippen LogP contribution in [-0.2, 0) is 11.2 Å². The van der Waals surface area contributed by atoms with Crippen LogP contribution in [0.1, 0.15) is 20.8 Å². The molecule has 1 aromatic carbocycles. The second kappa shape index (κ2) is 6.33. The summed E-state index contributed by atoms with van der Waals surface area (Å²) in [5, 5.41) is 0.856. The molecule has 0 N–H and O–H groups in total. The van der Waals surface area contributed by atoms with Gasteiger partial charge in [0, 0.05) is 11.5 Å². The first-order valence-electron chi connectivity index (χ1n) is 6.59. The predicted octanol–water partition coefficient (Wildman–Crippen LogP) is 3.16. The lowest BCUT2D eigenvalue weighted by Gasteiger charge is -2.15. The predicted molar refractivity (Wildman–Crippen MR) is 81.0 cm³/mol. The number of hydrogen-bond acceptors (Lipinski definition) is 4. The minimum absolute atomic E-state index is 0.0471. The second-order valence-electron chi connectivity index (χ2n) is 4.66. The Kier molecular flexibility index (Phi) is 4.73. The topological polar surface area (TPSA) is 54.4 Å². The summed E-state index contributed by atoms with van der Waals surface area (Å²) in [4.78, 5) is 5.15. The molecule has 1 heterocycles. The van der Waals surface area contributed by atoms with Crippen molar-refractivity contribution in [2.45, 2.75) is 31.8 Å². The normalized spacial score (nSPS) is 12.7. The van der Waals surface area contributed by atoms with Crippen LogP contribution in [0.5, 0.6) is 11.6 Å². The Bertz CT molecular complexity index is 599. The summed E-state index contributed by atoms with van der Waals surface area (Å²) in [6.07, 6.45) is 1.69. The summed E-state index contributed by atoms with van der Waals surface area (Å²) in [7, 11) is 0. The van der Waals surface area contributed by atoms with E-state index < -0.39 is 11.2 Å². The molecule has 2 rings (SSSR count). The van der Waals surface area contributed by atoms with Crippen LogP contribution in [0.3, 0.4) is 0 Å². The Hall–Kier alpha value is -1.46. The molecule has 1 atom stereocenters. The standard InChI is InChI=1S/C15H19NO3S/c1-5-18-14-9-12(19-10(2)3)11-7-6-8-13(20(4)17)15(11)16-14/h6-10H,5H2,1-4H3. The van der Waals surface area contributed by atoms with E-state index in [0.29, 0.717) is 28.6 Å². The average molecular weight is 293 g/mol. The first kappa shape index (κ1) is 14.9. The van der Waals surface area contributed by atoms with Crippen molar-refractivity contribution in [1.82, 2.24) is 4.98 Å². The highest BCUT2D eigenvalue weighted by Gasteiger charge is 2.17. The van der Waals surface area contributed by atoms with Crippen molar-refractivity contribution in [2.75, 3.05) is 12.9 Å². The molecule has 0 saturated carbocycles. The van der Waals surface area contributed by atoms with Gasteiger partial charge in [0.25, 0.3) is 0 Å². The highest BCUT2D eigenvalue weighted by molar-refractivity contribution is 7.91. The fourth-order valence-electron chi connectivity index (χ4n) is 1.97. The molecule has 0 spiro atoms. The maximum atomic E-state index is 11.9. The quantitative estimate of drug-likeness (QED) is 0.795. The van der Waals surface area contributed by atoms with E-state index in [-0.39, 0.29) is 6.10 Å². The van der Waals surface area contributed by atoms with E-state index in [1.165, 1.54) is 0 Å². The van der Waals surface area contributed by atoms with Gasteiger partial charge in [-0.1, -0.05) is 6.07 Å². The van der Waals surface area contributed by atoms with Gasteiger partial charge in [-0.15, -0.1) is 0 Å². The van der Waals surface area contributed by atoms with Crippen LogP contribution in [0.25, 0.3) is 10.9 Å². The molecule has 0 amide bonds. The van der Waals surface area contributed by atoms with Gasteiger partial charge in [0.15, 0.2) is 4.90 Å². The average Bonchev–Trinajstić information content (AvgIpc) is 2.37. The van der Waals surface area contributed by atoms with E-state index in [9.17, 15) is 4.55 Å².